The first-order chi connectivity index (χ1) is 15.1. The second-order valence-corrected chi connectivity index (χ2v) is 9.70. The van der Waals surface area contributed by atoms with Gasteiger partial charge in [0.25, 0.3) is 5.95 Å². The van der Waals surface area contributed by atoms with Crippen LogP contribution in [0.5, 0.6) is 0 Å². The zero-order valence-electron chi connectivity index (χ0n) is 17.0. The van der Waals surface area contributed by atoms with Crippen LogP contribution in [0, 0.1) is 5.92 Å². The Balaban J connectivity index is 1.39. The molecule has 9 heteroatoms. The number of hydrogen-bond acceptors (Lipinski definition) is 6. The number of imide groups is 1. The topological polar surface area (TPSA) is 87.9 Å². The summed E-state index contributed by atoms with van der Waals surface area (Å²) in [5.41, 5.74) is 3.58. The first kappa shape index (κ1) is 20.0. The minimum atomic E-state index is -0.669. The van der Waals surface area contributed by atoms with E-state index >= 15 is 0 Å². The molecule has 2 aromatic heterocycles. The van der Waals surface area contributed by atoms with Crippen LogP contribution in [-0.4, -0.2) is 60.6 Å². The van der Waals surface area contributed by atoms with Crippen molar-refractivity contribution >= 4 is 34.7 Å². The summed E-state index contributed by atoms with van der Waals surface area (Å²) in [7, 11) is -0.669. The zero-order chi connectivity index (χ0) is 21.4. The number of amides is 2. The summed E-state index contributed by atoms with van der Waals surface area (Å²) in [6.45, 7) is 2.57. The van der Waals surface area contributed by atoms with Crippen LogP contribution in [0.15, 0.2) is 42.5 Å². The van der Waals surface area contributed by atoms with Crippen molar-refractivity contribution in [3.8, 4) is 11.3 Å². The van der Waals surface area contributed by atoms with E-state index in [1.807, 2.05) is 24.3 Å². The lowest BCUT2D eigenvalue weighted by Gasteiger charge is -2.26. The maximum atomic E-state index is 12.4. The molecule has 1 aromatic carbocycles. The van der Waals surface area contributed by atoms with E-state index in [1.54, 1.807) is 10.6 Å². The van der Waals surface area contributed by atoms with E-state index < -0.39 is 10.8 Å². The van der Waals surface area contributed by atoms with Gasteiger partial charge >= 0.3 is 0 Å². The molecule has 2 amide bonds. The standard InChI is InChI=1S/C22H23N5O3S/c28-15-26(21(29)18-8-9-18)22-23-20-3-1-2-19(27(20)24-22)17-6-4-16(5-7-17)14-25-10-12-31(30)13-11-25/h1-7,15,18H,8-14H2. The number of hydrogen-bond donors (Lipinski definition) is 0. The van der Waals surface area contributed by atoms with Crippen LogP contribution in [-0.2, 0) is 26.9 Å². The average Bonchev–Trinajstić information content (AvgIpc) is 3.55. The summed E-state index contributed by atoms with van der Waals surface area (Å²) in [4.78, 5) is 31.6. The lowest BCUT2D eigenvalue weighted by molar-refractivity contribution is -0.122. The summed E-state index contributed by atoms with van der Waals surface area (Å²) in [6.07, 6.45) is 2.12. The third kappa shape index (κ3) is 4.15. The Morgan fingerprint density at radius 1 is 1.13 bits per heavy atom. The van der Waals surface area contributed by atoms with Gasteiger partial charge in [0.1, 0.15) is 0 Å². The molecule has 160 valence electrons. The molecule has 1 saturated heterocycles. The van der Waals surface area contributed by atoms with Gasteiger partial charge in [0.05, 0.1) is 5.69 Å². The van der Waals surface area contributed by atoms with E-state index in [4.69, 9.17) is 0 Å². The maximum Gasteiger partial charge on any atom is 0.259 e. The van der Waals surface area contributed by atoms with Crippen LogP contribution in [0.1, 0.15) is 18.4 Å². The van der Waals surface area contributed by atoms with Crippen molar-refractivity contribution in [1.29, 1.82) is 0 Å². The van der Waals surface area contributed by atoms with Gasteiger partial charge < -0.3 is 0 Å². The summed E-state index contributed by atoms with van der Waals surface area (Å²) in [5, 5.41) is 4.46. The predicted octanol–water partition coefficient (Wildman–Crippen LogP) is 1.86. The molecule has 0 atom stereocenters. The van der Waals surface area contributed by atoms with Crippen LogP contribution in [0.4, 0.5) is 5.95 Å². The quantitative estimate of drug-likeness (QED) is 0.547. The number of anilines is 1. The second kappa shape index (κ2) is 8.32. The van der Waals surface area contributed by atoms with Crippen molar-refractivity contribution in [2.45, 2.75) is 19.4 Å². The number of nitrogens with zero attached hydrogens (tertiary/aromatic N) is 5. The predicted molar refractivity (Wildman–Crippen MR) is 118 cm³/mol. The molecule has 0 radical (unpaired) electrons. The highest BCUT2D eigenvalue weighted by Crippen LogP contribution is 2.32. The van der Waals surface area contributed by atoms with Crippen molar-refractivity contribution in [3.63, 3.8) is 0 Å². The molecule has 0 N–H and O–H groups in total. The molecule has 0 unspecified atom stereocenters. The Morgan fingerprint density at radius 2 is 1.87 bits per heavy atom. The fourth-order valence-corrected chi connectivity index (χ4v) is 4.94. The van der Waals surface area contributed by atoms with Crippen LogP contribution < -0.4 is 4.90 Å². The number of rotatable bonds is 6. The monoisotopic (exact) mass is 437 g/mol. The Labute approximate surface area is 182 Å². The highest BCUT2D eigenvalue weighted by atomic mass is 32.2. The van der Waals surface area contributed by atoms with E-state index in [2.05, 4.69) is 27.1 Å². The van der Waals surface area contributed by atoms with Gasteiger partial charge in [-0.2, -0.15) is 4.98 Å². The smallest absolute Gasteiger partial charge is 0.259 e. The molecule has 31 heavy (non-hydrogen) atoms. The van der Waals surface area contributed by atoms with Gasteiger partial charge in [-0.3, -0.25) is 18.7 Å². The maximum absolute atomic E-state index is 12.4. The number of carbonyl (C=O) groups is 2. The van der Waals surface area contributed by atoms with Gasteiger partial charge in [0.15, 0.2) is 5.65 Å². The summed E-state index contributed by atoms with van der Waals surface area (Å²) < 4.78 is 13.2. The number of carbonyl (C=O) groups excluding carboxylic acids is 2. The molecule has 5 rings (SSSR count). The van der Waals surface area contributed by atoms with Gasteiger partial charge in [0.2, 0.25) is 12.3 Å². The van der Waals surface area contributed by atoms with Gasteiger partial charge in [-0.1, -0.05) is 30.3 Å². The average molecular weight is 438 g/mol. The molecular weight excluding hydrogens is 414 g/mol. The molecule has 8 nitrogen and oxygen atoms in total. The SMILES string of the molecule is O=CN(C(=O)C1CC1)c1nc2cccc(-c3ccc(CN4CCS(=O)CC4)cc3)n2n1. The number of aromatic nitrogens is 3. The van der Waals surface area contributed by atoms with E-state index in [-0.39, 0.29) is 17.8 Å². The van der Waals surface area contributed by atoms with Crippen molar-refractivity contribution in [1.82, 2.24) is 19.5 Å². The van der Waals surface area contributed by atoms with E-state index in [1.165, 1.54) is 5.56 Å². The van der Waals surface area contributed by atoms with Gasteiger partial charge in [-0.25, -0.2) is 9.42 Å². The van der Waals surface area contributed by atoms with Crippen molar-refractivity contribution in [2.24, 2.45) is 5.92 Å². The highest BCUT2D eigenvalue weighted by molar-refractivity contribution is 7.85. The van der Waals surface area contributed by atoms with Gasteiger partial charge in [-0.05, 0) is 30.5 Å². The van der Waals surface area contributed by atoms with E-state index in [0.717, 1.165) is 60.1 Å². The molecule has 1 aliphatic carbocycles. The number of pyridine rings is 1. The molecular formula is C22H23N5O3S. The van der Waals surface area contributed by atoms with Crippen molar-refractivity contribution in [2.75, 3.05) is 29.5 Å². The number of benzene rings is 1. The lowest BCUT2D eigenvalue weighted by Crippen LogP contribution is -2.37. The summed E-state index contributed by atoms with van der Waals surface area (Å²) in [5.74, 6) is 1.27. The van der Waals surface area contributed by atoms with Crippen molar-refractivity contribution < 1.29 is 13.8 Å². The summed E-state index contributed by atoms with van der Waals surface area (Å²) in [6, 6.07) is 13.9. The normalized spacial score (nSPS) is 17.7. The molecule has 0 bridgehead atoms. The summed E-state index contributed by atoms with van der Waals surface area (Å²) >= 11 is 0. The largest absolute Gasteiger partial charge is 0.297 e. The minimum Gasteiger partial charge on any atom is -0.297 e. The van der Waals surface area contributed by atoms with Gasteiger partial charge in [0, 0.05) is 53.4 Å². The second-order valence-electron chi connectivity index (χ2n) is 8.00. The molecule has 2 aliphatic rings. The Kier molecular flexibility index (Phi) is 5.37. The molecule has 2 fully saturated rings. The van der Waals surface area contributed by atoms with Crippen LogP contribution in [0.2, 0.25) is 0 Å². The van der Waals surface area contributed by atoms with Crippen LogP contribution in [0.25, 0.3) is 16.9 Å². The van der Waals surface area contributed by atoms with E-state index in [0.29, 0.717) is 12.1 Å². The Hall–Kier alpha value is -2.91. The van der Waals surface area contributed by atoms with Crippen LogP contribution >= 0.6 is 0 Å². The Morgan fingerprint density at radius 3 is 2.55 bits per heavy atom. The Bertz CT molecular complexity index is 1150. The zero-order valence-corrected chi connectivity index (χ0v) is 17.8. The third-order valence-electron chi connectivity index (χ3n) is 5.76. The fourth-order valence-electron chi connectivity index (χ4n) is 3.81. The minimum absolute atomic E-state index is 0.0938. The lowest BCUT2D eigenvalue weighted by atomic mass is 10.1. The first-order valence-electron chi connectivity index (χ1n) is 10.4. The molecule has 3 aromatic rings. The molecule has 0 spiro atoms. The van der Waals surface area contributed by atoms with Crippen LogP contribution in [0.3, 0.4) is 0 Å². The number of fused-ring (bicyclic) bond motifs is 1. The van der Waals surface area contributed by atoms with Gasteiger partial charge in [-0.15, -0.1) is 5.10 Å². The molecule has 1 aliphatic heterocycles. The van der Waals surface area contributed by atoms with E-state index in [9.17, 15) is 13.8 Å². The first-order valence-corrected chi connectivity index (χ1v) is 11.9. The third-order valence-corrected chi connectivity index (χ3v) is 7.04. The van der Waals surface area contributed by atoms with Crippen molar-refractivity contribution in [3.05, 3.63) is 48.0 Å². The highest BCUT2D eigenvalue weighted by Gasteiger charge is 2.35. The molecule has 1 saturated carbocycles. The molecule has 3 heterocycles. The fraction of sp³-hybridized carbons (Fsp3) is 0.364.